The molecule has 5 nitrogen and oxygen atoms in total. The third kappa shape index (κ3) is 1.86. The number of rotatable bonds is 2. The van der Waals surface area contributed by atoms with Gasteiger partial charge in [0.25, 0.3) is 0 Å². The number of carbonyl (C=O) groups excluding carboxylic acids is 1. The number of carbonyl (C=O) groups is 1. The van der Waals surface area contributed by atoms with Crippen molar-refractivity contribution >= 4 is 5.91 Å². The Bertz CT molecular complexity index is 371. The first-order valence-corrected chi connectivity index (χ1v) is 5.39. The number of fused-ring (bicyclic) bond motifs is 1. The van der Waals surface area contributed by atoms with Gasteiger partial charge in [-0.1, -0.05) is 6.92 Å². The fraction of sp³-hybridized carbons (Fsp3) is 0.700. The Morgan fingerprint density at radius 2 is 2.20 bits per heavy atom. The fourth-order valence-corrected chi connectivity index (χ4v) is 1.89. The van der Waals surface area contributed by atoms with Crippen LogP contribution in [0.5, 0.6) is 0 Å². The zero-order chi connectivity index (χ0) is 10.8. The first-order valence-electron chi connectivity index (χ1n) is 5.39. The molecule has 2 rings (SSSR count). The topological polar surface area (TPSA) is 51.0 Å². The van der Waals surface area contributed by atoms with Crippen LogP contribution in [0.15, 0.2) is 0 Å². The summed E-state index contributed by atoms with van der Waals surface area (Å²) in [5.74, 6) is 2.07. The Labute approximate surface area is 89.1 Å². The van der Waals surface area contributed by atoms with E-state index in [9.17, 15) is 4.79 Å². The van der Waals surface area contributed by atoms with Crippen molar-refractivity contribution < 1.29 is 4.79 Å². The van der Waals surface area contributed by atoms with E-state index in [-0.39, 0.29) is 5.91 Å². The summed E-state index contributed by atoms with van der Waals surface area (Å²) in [6.07, 6.45) is 1.54. The minimum absolute atomic E-state index is 0.226. The van der Waals surface area contributed by atoms with E-state index in [1.807, 2.05) is 18.7 Å². The van der Waals surface area contributed by atoms with Gasteiger partial charge in [0.1, 0.15) is 5.82 Å². The quantitative estimate of drug-likeness (QED) is 0.720. The van der Waals surface area contributed by atoms with Crippen LogP contribution in [0.1, 0.15) is 31.4 Å². The lowest BCUT2D eigenvalue weighted by Crippen LogP contribution is -2.38. The number of nitrogens with zero attached hydrogens (tertiary/aromatic N) is 4. The second-order valence-electron chi connectivity index (χ2n) is 3.88. The van der Waals surface area contributed by atoms with Crippen molar-refractivity contribution in [2.45, 2.75) is 39.8 Å². The summed E-state index contributed by atoms with van der Waals surface area (Å²) in [7, 11) is 0. The summed E-state index contributed by atoms with van der Waals surface area (Å²) >= 11 is 0. The summed E-state index contributed by atoms with van der Waals surface area (Å²) < 4.78 is 2.08. The van der Waals surface area contributed by atoms with Gasteiger partial charge in [-0.15, -0.1) is 10.2 Å². The van der Waals surface area contributed by atoms with Gasteiger partial charge in [-0.3, -0.25) is 4.79 Å². The Hall–Kier alpha value is -1.39. The Balaban J connectivity index is 2.09. The van der Waals surface area contributed by atoms with Crippen LogP contribution in [0.25, 0.3) is 0 Å². The minimum atomic E-state index is 0.226. The average molecular weight is 208 g/mol. The third-order valence-corrected chi connectivity index (χ3v) is 2.75. The number of aromatic nitrogens is 3. The minimum Gasteiger partial charge on any atom is -0.333 e. The lowest BCUT2D eigenvalue weighted by atomic mass is 10.2. The van der Waals surface area contributed by atoms with Crippen LogP contribution in [-0.4, -0.2) is 32.1 Å². The van der Waals surface area contributed by atoms with Crippen molar-refractivity contribution in [3.8, 4) is 0 Å². The maximum absolute atomic E-state index is 11.7. The van der Waals surface area contributed by atoms with Crippen molar-refractivity contribution in [1.82, 2.24) is 19.7 Å². The summed E-state index contributed by atoms with van der Waals surface area (Å²) in [6.45, 7) is 6.18. The SMILES string of the molecule is CCCC(=O)N1CCn2c(C)nnc2C1. The molecule has 5 heteroatoms. The highest BCUT2D eigenvalue weighted by atomic mass is 16.2. The molecule has 0 bridgehead atoms. The molecule has 1 aromatic heterocycles. The van der Waals surface area contributed by atoms with E-state index in [0.717, 1.165) is 31.2 Å². The molecule has 2 heterocycles. The molecule has 0 aliphatic carbocycles. The molecule has 0 atom stereocenters. The van der Waals surface area contributed by atoms with Crippen molar-refractivity contribution in [2.24, 2.45) is 0 Å². The van der Waals surface area contributed by atoms with Crippen molar-refractivity contribution in [2.75, 3.05) is 6.54 Å². The Morgan fingerprint density at radius 3 is 2.93 bits per heavy atom. The van der Waals surface area contributed by atoms with Gasteiger partial charge in [-0.25, -0.2) is 0 Å². The lowest BCUT2D eigenvalue weighted by Gasteiger charge is -2.27. The van der Waals surface area contributed by atoms with Crippen molar-refractivity contribution in [1.29, 1.82) is 0 Å². The molecule has 1 aliphatic rings. The summed E-state index contributed by atoms with van der Waals surface area (Å²) in [6, 6.07) is 0. The summed E-state index contributed by atoms with van der Waals surface area (Å²) in [4.78, 5) is 13.6. The average Bonchev–Trinajstić information content (AvgIpc) is 2.60. The number of hydrogen-bond acceptors (Lipinski definition) is 3. The molecule has 0 radical (unpaired) electrons. The first kappa shape index (κ1) is 10.1. The maximum Gasteiger partial charge on any atom is 0.223 e. The normalized spacial score (nSPS) is 15.2. The Morgan fingerprint density at radius 1 is 1.40 bits per heavy atom. The standard InChI is InChI=1S/C10H16N4O/c1-3-4-10(15)13-5-6-14-8(2)11-12-9(14)7-13/h3-7H2,1-2H3. The lowest BCUT2D eigenvalue weighted by molar-refractivity contribution is -0.132. The van der Waals surface area contributed by atoms with Crippen molar-refractivity contribution in [3.05, 3.63) is 11.6 Å². The molecule has 0 unspecified atom stereocenters. The molecule has 0 saturated carbocycles. The van der Waals surface area contributed by atoms with Gasteiger partial charge in [-0.05, 0) is 13.3 Å². The zero-order valence-electron chi connectivity index (χ0n) is 9.23. The number of hydrogen-bond donors (Lipinski definition) is 0. The predicted molar refractivity (Wildman–Crippen MR) is 55.1 cm³/mol. The van der Waals surface area contributed by atoms with E-state index in [0.29, 0.717) is 13.0 Å². The highest BCUT2D eigenvalue weighted by molar-refractivity contribution is 5.76. The van der Waals surface area contributed by atoms with E-state index in [1.165, 1.54) is 0 Å². The molecule has 1 amide bonds. The molecule has 0 N–H and O–H groups in total. The predicted octanol–water partition coefficient (Wildman–Crippen LogP) is 0.729. The fourth-order valence-electron chi connectivity index (χ4n) is 1.89. The third-order valence-electron chi connectivity index (χ3n) is 2.75. The number of aryl methyl sites for hydroxylation is 1. The highest BCUT2D eigenvalue weighted by Crippen LogP contribution is 2.12. The van der Waals surface area contributed by atoms with Gasteiger partial charge in [-0.2, -0.15) is 0 Å². The van der Waals surface area contributed by atoms with Crippen LogP contribution in [0, 0.1) is 6.92 Å². The highest BCUT2D eigenvalue weighted by Gasteiger charge is 2.22. The van der Waals surface area contributed by atoms with E-state index < -0.39 is 0 Å². The molecule has 0 saturated heterocycles. The summed E-state index contributed by atoms with van der Waals surface area (Å²) in [5.41, 5.74) is 0. The van der Waals surface area contributed by atoms with Crippen molar-refractivity contribution in [3.63, 3.8) is 0 Å². The van der Waals surface area contributed by atoms with Crippen LogP contribution in [0.2, 0.25) is 0 Å². The number of amides is 1. The molecule has 1 aliphatic heterocycles. The van der Waals surface area contributed by atoms with Crippen LogP contribution in [0.3, 0.4) is 0 Å². The molecule has 0 spiro atoms. The Kier molecular flexibility index (Phi) is 2.70. The first-order chi connectivity index (χ1) is 7.22. The molecule has 82 valence electrons. The van der Waals surface area contributed by atoms with Crippen LogP contribution in [0.4, 0.5) is 0 Å². The van der Waals surface area contributed by atoms with Gasteiger partial charge < -0.3 is 9.47 Å². The van der Waals surface area contributed by atoms with Gasteiger partial charge in [0.15, 0.2) is 5.82 Å². The largest absolute Gasteiger partial charge is 0.333 e. The molecule has 0 aromatic carbocycles. The van der Waals surface area contributed by atoms with E-state index in [2.05, 4.69) is 14.8 Å². The van der Waals surface area contributed by atoms with Crippen LogP contribution in [-0.2, 0) is 17.9 Å². The molecule has 15 heavy (non-hydrogen) atoms. The van der Waals surface area contributed by atoms with E-state index in [1.54, 1.807) is 0 Å². The van der Waals surface area contributed by atoms with Crippen LogP contribution < -0.4 is 0 Å². The second-order valence-corrected chi connectivity index (χ2v) is 3.88. The van der Waals surface area contributed by atoms with Crippen LogP contribution >= 0.6 is 0 Å². The second kappa shape index (κ2) is 4.00. The smallest absolute Gasteiger partial charge is 0.223 e. The van der Waals surface area contributed by atoms with Gasteiger partial charge in [0.05, 0.1) is 6.54 Å². The van der Waals surface area contributed by atoms with Gasteiger partial charge >= 0.3 is 0 Å². The van der Waals surface area contributed by atoms with Gasteiger partial charge in [0.2, 0.25) is 5.91 Å². The monoisotopic (exact) mass is 208 g/mol. The molecule has 0 fully saturated rings. The van der Waals surface area contributed by atoms with E-state index >= 15 is 0 Å². The van der Waals surface area contributed by atoms with E-state index in [4.69, 9.17) is 0 Å². The zero-order valence-corrected chi connectivity index (χ0v) is 9.23. The molecule has 1 aromatic rings. The van der Waals surface area contributed by atoms with Gasteiger partial charge in [0, 0.05) is 19.5 Å². The molecular formula is C10H16N4O. The maximum atomic E-state index is 11.7. The summed E-state index contributed by atoms with van der Waals surface area (Å²) in [5, 5.41) is 8.08. The molecular weight excluding hydrogens is 192 g/mol.